The topological polar surface area (TPSA) is 60.4 Å². The number of hydrogen-bond donors (Lipinski definition) is 0. The van der Waals surface area contributed by atoms with Crippen molar-refractivity contribution in [1.82, 2.24) is 0 Å². The van der Waals surface area contributed by atoms with Crippen LogP contribution in [-0.4, -0.2) is 23.1 Å². The van der Waals surface area contributed by atoms with Crippen LogP contribution < -0.4 is 0 Å². The lowest BCUT2D eigenvalue weighted by molar-refractivity contribution is -0.186. The number of hydrogen-bond acceptors (Lipinski definition) is 4. The fraction of sp³-hybridized carbons (Fsp3) is 0.625. The molecule has 0 aromatic carbocycles. The molecule has 0 unspecified atom stereocenters. The van der Waals surface area contributed by atoms with E-state index in [-0.39, 0.29) is 28.4 Å². The minimum atomic E-state index is -1.01. The summed E-state index contributed by atoms with van der Waals surface area (Å²) in [5, 5.41) is 0. The minimum absolute atomic E-state index is 0.0317. The van der Waals surface area contributed by atoms with Crippen LogP contribution in [-0.2, 0) is 19.1 Å². The zero-order chi connectivity index (χ0) is 20.5. The molecule has 4 rings (SSSR count). The molecule has 0 N–H and O–H groups in total. The first-order chi connectivity index (χ1) is 13.0. The van der Waals surface area contributed by atoms with Crippen molar-refractivity contribution in [2.24, 2.45) is 28.6 Å². The van der Waals surface area contributed by atoms with Crippen molar-refractivity contribution in [3.05, 3.63) is 36.0 Å². The van der Waals surface area contributed by atoms with Crippen LogP contribution in [0.15, 0.2) is 36.0 Å². The summed E-state index contributed by atoms with van der Waals surface area (Å²) in [5.74, 6) is 0.721. The van der Waals surface area contributed by atoms with Gasteiger partial charge in [-0.15, -0.1) is 0 Å². The normalized spacial score (nSPS) is 44.3. The Hall–Kier alpha value is -1.97. The van der Waals surface area contributed by atoms with E-state index in [1.165, 1.54) is 6.92 Å². The van der Waals surface area contributed by atoms with Gasteiger partial charge in [0.25, 0.3) is 0 Å². The first-order valence-electron chi connectivity index (χ1n) is 10.4. The fourth-order valence-electron chi connectivity index (χ4n) is 7.27. The molecule has 0 aromatic heterocycles. The highest BCUT2D eigenvalue weighted by Crippen LogP contribution is 2.68. The number of carbonyl (C=O) groups is 3. The van der Waals surface area contributed by atoms with Gasteiger partial charge in [0, 0.05) is 17.8 Å². The van der Waals surface area contributed by atoms with Crippen LogP contribution >= 0.6 is 0 Å². The predicted octanol–water partition coefficient (Wildman–Crippen LogP) is 4.35. The SMILES string of the molecule is C=C1C[C@@H]2[C@H](CC[C@@]3(C)[C@H]2CC[C@]3(OC(C)=O)C(C)=O)[C@@]2(C)C=CC(=O)C=C12. The highest BCUT2D eigenvalue weighted by Gasteiger charge is 2.67. The number of fused-ring (bicyclic) bond motifs is 5. The van der Waals surface area contributed by atoms with E-state index in [4.69, 9.17) is 4.74 Å². The number of esters is 1. The average molecular weight is 383 g/mol. The van der Waals surface area contributed by atoms with E-state index in [0.29, 0.717) is 24.2 Å². The van der Waals surface area contributed by atoms with Gasteiger partial charge in [0.2, 0.25) is 0 Å². The Labute approximate surface area is 167 Å². The van der Waals surface area contributed by atoms with E-state index < -0.39 is 5.60 Å². The third-order valence-corrected chi connectivity index (χ3v) is 8.54. The molecule has 28 heavy (non-hydrogen) atoms. The molecule has 4 aliphatic carbocycles. The van der Waals surface area contributed by atoms with Crippen molar-refractivity contribution in [1.29, 1.82) is 0 Å². The van der Waals surface area contributed by atoms with Gasteiger partial charge < -0.3 is 4.74 Å². The van der Waals surface area contributed by atoms with Crippen LogP contribution in [0.4, 0.5) is 0 Å². The van der Waals surface area contributed by atoms with Gasteiger partial charge in [-0.3, -0.25) is 14.4 Å². The third-order valence-electron chi connectivity index (χ3n) is 8.54. The molecule has 0 heterocycles. The Kier molecular flexibility index (Phi) is 4.16. The lowest BCUT2D eigenvalue weighted by Crippen LogP contribution is -2.58. The van der Waals surface area contributed by atoms with Crippen molar-refractivity contribution in [2.45, 2.75) is 65.4 Å². The summed E-state index contributed by atoms with van der Waals surface area (Å²) in [6, 6.07) is 0. The van der Waals surface area contributed by atoms with Crippen LogP contribution in [0.2, 0.25) is 0 Å². The Morgan fingerprint density at radius 1 is 1.14 bits per heavy atom. The number of rotatable bonds is 2. The molecule has 6 atom stereocenters. The first-order valence-corrected chi connectivity index (χ1v) is 10.4. The lowest BCUT2D eigenvalue weighted by Gasteiger charge is -2.58. The summed E-state index contributed by atoms with van der Waals surface area (Å²) in [7, 11) is 0. The number of Topliss-reactive ketones (excluding diaryl/α,β-unsaturated/α-hetero) is 1. The minimum Gasteiger partial charge on any atom is -0.451 e. The Bertz CT molecular complexity index is 849. The largest absolute Gasteiger partial charge is 0.451 e. The van der Waals surface area contributed by atoms with Crippen LogP contribution in [0.1, 0.15) is 59.8 Å². The van der Waals surface area contributed by atoms with E-state index in [0.717, 1.165) is 36.8 Å². The van der Waals surface area contributed by atoms with Crippen LogP contribution in [0.3, 0.4) is 0 Å². The van der Waals surface area contributed by atoms with Crippen molar-refractivity contribution in [3.8, 4) is 0 Å². The molecule has 3 saturated carbocycles. The van der Waals surface area contributed by atoms with Crippen molar-refractivity contribution in [3.63, 3.8) is 0 Å². The van der Waals surface area contributed by atoms with Crippen LogP contribution in [0, 0.1) is 28.6 Å². The molecule has 4 aliphatic rings. The molecule has 0 spiro atoms. The molecule has 4 heteroatoms. The molecular formula is C24H30O4. The zero-order valence-electron chi connectivity index (χ0n) is 17.3. The molecule has 0 bridgehead atoms. The standard InChI is InChI=1S/C24H30O4/c1-14-12-18-19(22(4)9-6-17(27)13-21(14)22)7-10-23(5)20(18)8-11-24(23,15(2)25)28-16(3)26/h6,9,13,18-20H,1,7-8,10-12H2,2-5H3/t18-,19+,20+,22-,23+,24+/m1/s1. The van der Waals surface area contributed by atoms with Crippen molar-refractivity contribution >= 4 is 17.5 Å². The fourth-order valence-corrected chi connectivity index (χ4v) is 7.27. The number of ketones is 2. The van der Waals surface area contributed by atoms with Gasteiger partial charge in [-0.05, 0) is 74.5 Å². The maximum absolute atomic E-state index is 12.8. The Morgan fingerprint density at radius 3 is 2.46 bits per heavy atom. The second-order valence-electron chi connectivity index (χ2n) is 9.73. The number of allylic oxidation sites excluding steroid dienone is 5. The van der Waals surface area contributed by atoms with Crippen LogP contribution in [0.5, 0.6) is 0 Å². The van der Waals surface area contributed by atoms with E-state index in [1.54, 1.807) is 19.1 Å². The van der Waals surface area contributed by atoms with Gasteiger partial charge in [0.05, 0.1) is 0 Å². The molecule has 0 radical (unpaired) electrons. The van der Waals surface area contributed by atoms with Crippen molar-refractivity contribution < 1.29 is 19.1 Å². The van der Waals surface area contributed by atoms with E-state index >= 15 is 0 Å². The smallest absolute Gasteiger partial charge is 0.303 e. The molecule has 0 amide bonds. The predicted molar refractivity (Wildman–Crippen MR) is 106 cm³/mol. The van der Waals surface area contributed by atoms with E-state index in [1.807, 2.05) is 0 Å². The third kappa shape index (κ3) is 2.33. The highest BCUT2D eigenvalue weighted by atomic mass is 16.6. The van der Waals surface area contributed by atoms with Gasteiger partial charge in [-0.1, -0.05) is 32.1 Å². The quantitative estimate of drug-likeness (QED) is 0.666. The van der Waals surface area contributed by atoms with Gasteiger partial charge in [-0.25, -0.2) is 0 Å². The summed E-state index contributed by atoms with van der Waals surface area (Å²) < 4.78 is 5.80. The summed E-state index contributed by atoms with van der Waals surface area (Å²) in [5.41, 5.74) is 0.584. The maximum Gasteiger partial charge on any atom is 0.303 e. The summed E-state index contributed by atoms with van der Waals surface area (Å²) in [4.78, 5) is 36.6. The van der Waals surface area contributed by atoms with E-state index in [9.17, 15) is 14.4 Å². The first kappa shape index (κ1) is 19.4. The monoisotopic (exact) mass is 382 g/mol. The van der Waals surface area contributed by atoms with Gasteiger partial charge in [0.1, 0.15) is 0 Å². The Balaban J connectivity index is 1.76. The molecule has 0 aliphatic heterocycles. The number of carbonyl (C=O) groups excluding carboxylic acids is 3. The van der Waals surface area contributed by atoms with Crippen LogP contribution in [0.25, 0.3) is 0 Å². The molecule has 150 valence electrons. The summed E-state index contributed by atoms with van der Waals surface area (Å²) in [6.45, 7) is 11.7. The summed E-state index contributed by atoms with van der Waals surface area (Å²) >= 11 is 0. The molecular weight excluding hydrogens is 352 g/mol. The second-order valence-corrected chi connectivity index (χ2v) is 9.73. The highest BCUT2D eigenvalue weighted by molar-refractivity contribution is 6.02. The van der Waals surface area contributed by atoms with E-state index in [2.05, 4.69) is 26.5 Å². The number of ether oxygens (including phenoxy) is 1. The lowest BCUT2D eigenvalue weighted by atomic mass is 9.46. The van der Waals surface area contributed by atoms with Gasteiger partial charge in [0.15, 0.2) is 17.2 Å². The van der Waals surface area contributed by atoms with Gasteiger partial charge >= 0.3 is 5.97 Å². The van der Waals surface area contributed by atoms with Crippen molar-refractivity contribution in [2.75, 3.05) is 0 Å². The second kappa shape index (κ2) is 6.01. The Morgan fingerprint density at radius 2 is 1.82 bits per heavy atom. The summed E-state index contributed by atoms with van der Waals surface area (Å²) in [6.07, 6.45) is 9.68. The molecule has 4 nitrogen and oxygen atoms in total. The molecule has 3 fully saturated rings. The molecule has 0 aromatic rings. The maximum atomic E-state index is 12.8. The zero-order valence-corrected chi connectivity index (χ0v) is 17.3. The average Bonchev–Trinajstić information content (AvgIpc) is 2.90. The van der Waals surface area contributed by atoms with Gasteiger partial charge in [-0.2, -0.15) is 0 Å². The molecule has 0 saturated heterocycles.